The van der Waals surface area contributed by atoms with E-state index < -0.39 is 0 Å². The maximum absolute atomic E-state index is 11.1. The van der Waals surface area contributed by atoms with Crippen molar-refractivity contribution in [3.8, 4) is 0 Å². The van der Waals surface area contributed by atoms with Crippen LogP contribution in [0.3, 0.4) is 0 Å². The van der Waals surface area contributed by atoms with Crippen LogP contribution in [-0.2, 0) is 4.79 Å². The Morgan fingerprint density at radius 2 is 2.06 bits per heavy atom. The van der Waals surface area contributed by atoms with Gasteiger partial charge in [-0.1, -0.05) is 0 Å². The lowest BCUT2D eigenvalue weighted by Crippen LogP contribution is -2.66. The highest BCUT2D eigenvalue weighted by atomic mass is 16.1. The zero-order chi connectivity index (χ0) is 12.7. The maximum Gasteiger partial charge on any atom is 0.217 e. The number of hydrogen-bond acceptors (Lipinski definition) is 3. The van der Waals surface area contributed by atoms with Crippen LogP contribution in [0.4, 0.5) is 0 Å². The van der Waals surface area contributed by atoms with Crippen molar-refractivity contribution in [2.45, 2.75) is 39.2 Å². The Kier molecular flexibility index (Phi) is 3.21. The van der Waals surface area contributed by atoms with Crippen LogP contribution in [0.1, 0.15) is 33.6 Å². The molecular formula is C13H25N3O. The minimum atomic E-state index is -0.121. The maximum atomic E-state index is 11.1. The molecule has 1 saturated heterocycles. The van der Waals surface area contributed by atoms with E-state index in [0.717, 1.165) is 19.0 Å². The first-order chi connectivity index (χ1) is 7.84. The Hall–Kier alpha value is -0.610. The monoisotopic (exact) mass is 239 g/mol. The third-order valence-corrected chi connectivity index (χ3v) is 4.03. The Labute approximate surface area is 104 Å². The average Bonchev–Trinajstić information content (AvgIpc) is 2.04. The lowest BCUT2D eigenvalue weighted by atomic mass is 9.57. The van der Waals surface area contributed by atoms with E-state index >= 15 is 0 Å². The number of likely N-dealkylation sites (tertiary alicyclic amines) is 1. The molecule has 1 aliphatic heterocycles. The van der Waals surface area contributed by atoms with Gasteiger partial charge in [0.15, 0.2) is 0 Å². The van der Waals surface area contributed by atoms with E-state index in [1.165, 1.54) is 25.9 Å². The number of nitrogens with two attached hydrogens (primary N) is 1. The first kappa shape index (κ1) is 12.8. The van der Waals surface area contributed by atoms with Crippen molar-refractivity contribution in [3.05, 3.63) is 0 Å². The Morgan fingerprint density at radius 1 is 1.47 bits per heavy atom. The molecule has 0 radical (unpaired) electrons. The molecule has 0 unspecified atom stereocenters. The van der Waals surface area contributed by atoms with Gasteiger partial charge < -0.3 is 11.1 Å². The van der Waals surface area contributed by atoms with Crippen molar-refractivity contribution >= 4 is 5.91 Å². The number of carbonyl (C=O) groups excluding carboxylic acids is 1. The largest absolute Gasteiger partial charge is 0.350 e. The smallest absolute Gasteiger partial charge is 0.217 e. The van der Waals surface area contributed by atoms with E-state index in [9.17, 15) is 4.79 Å². The lowest BCUT2D eigenvalue weighted by molar-refractivity contribution is -0.123. The number of nitrogens with one attached hydrogen (secondary N) is 1. The van der Waals surface area contributed by atoms with E-state index in [2.05, 4.69) is 24.1 Å². The summed E-state index contributed by atoms with van der Waals surface area (Å²) in [4.78, 5) is 13.5. The summed E-state index contributed by atoms with van der Waals surface area (Å²) < 4.78 is 0. The van der Waals surface area contributed by atoms with Crippen molar-refractivity contribution in [1.82, 2.24) is 10.2 Å². The summed E-state index contributed by atoms with van der Waals surface area (Å²) in [5.74, 6) is 0.817. The van der Waals surface area contributed by atoms with Crippen LogP contribution in [-0.4, -0.2) is 42.5 Å². The molecule has 2 rings (SSSR count). The second-order valence-corrected chi connectivity index (χ2v) is 6.72. The van der Waals surface area contributed by atoms with Crippen LogP contribution >= 0.6 is 0 Å². The van der Waals surface area contributed by atoms with Crippen molar-refractivity contribution in [2.24, 2.45) is 17.1 Å². The van der Waals surface area contributed by atoms with Crippen LogP contribution in [0, 0.1) is 11.3 Å². The van der Waals surface area contributed by atoms with Gasteiger partial charge in [0.1, 0.15) is 0 Å². The van der Waals surface area contributed by atoms with Gasteiger partial charge in [-0.2, -0.15) is 0 Å². The first-order valence-corrected chi connectivity index (χ1v) is 6.55. The second-order valence-electron chi connectivity index (χ2n) is 6.72. The molecule has 1 saturated carbocycles. The Bertz CT molecular complexity index is 300. The van der Waals surface area contributed by atoms with E-state index in [1.54, 1.807) is 6.92 Å². The van der Waals surface area contributed by atoms with Gasteiger partial charge in [0.25, 0.3) is 0 Å². The van der Waals surface area contributed by atoms with Crippen LogP contribution in [0.2, 0.25) is 0 Å². The van der Waals surface area contributed by atoms with Gasteiger partial charge in [0.05, 0.1) is 0 Å². The second kappa shape index (κ2) is 4.25. The normalized spacial score (nSPS) is 24.2. The highest BCUT2D eigenvalue weighted by Gasteiger charge is 2.52. The minimum Gasteiger partial charge on any atom is -0.350 e. The number of rotatable bonds is 4. The van der Waals surface area contributed by atoms with Crippen LogP contribution in [0.25, 0.3) is 0 Å². The van der Waals surface area contributed by atoms with Gasteiger partial charge in [-0.15, -0.1) is 0 Å². The van der Waals surface area contributed by atoms with Crippen molar-refractivity contribution in [1.29, 1.82) is 0 Å². The number of carbonyl (C=O) groups is 1. The zero-order valence-electron chi connectivity index (χ0n) is 11.3. The van der Waals surface area contributed by atoms with Crippen molar-refractivity contribution in [3.63, 3.8) is 0 Å². The molecule has 0 aromatic heterocycles. The van der Waals surface area contributed by atoms with Crippen molar-refractivity contribution in [2.75, 3.05) is 26.2 Å². The Morgan fingerprint density at radius 3 is 2.53 bits per heavy atom. The summed E-state index contributed by atoms with van der Waals surface area (Å²) in [6.45, 7) is 9.92. The summed E-state index contributed by atoms with van der Waals surface area (Å²) >= 11 is 0. The molecule has 2 aliphatic rings. The Balaban J connectivity index is 1.72. The highest BCUT2D eigenvalue weighted by Crippen LogP contribution is 2.51. The third-order valence-electron chi connectivity index (χ3n) is 4.03. The highest BCUT2D eigenvalue weighted by molar-refractivity contribution is 5.73. The molecule has 1 heterocycles. The lowest BCUT2D eigenvalue weighted by Gasteiger charge is -2.60. The van der Waals surface area contributed by atoms with Crippen LogP contribution < -0.4 is 11.1 Å². The summed E-state index contributed by atoms with van der Waals surface area (Å²) in [5.41, 5.74) is 6.12. The van der Waals surface area contributed by atoms with Gasteiger partial charge in [-0.05, 0) is 44.6 Å². The fraction of sp³-hybridized carbons (Fsp3) is 0.923. The van der Waals surface area contributed by atoms with E-state index in [-0.39, 0.29) is 11.4 Å². The number of nitrogens with zero attached hydrogens (tertiary/aromatic N) is 1. The quantitative estimate of drug-likeness (QED) is 0.754. The predicted octanol–water partition coefficient (Wildman–Crippen LogP) is 0.572. The first-order valence-electron chi connectivity index (χ1n) is 6.55. The molecule has 1 spiro atoms. The average molecular weight is 239 g/mol. The van der Waals surface area contributed by atoms with Crippen molar-refractivity contribution < 1.29 is 4.79 Å². The SMILES string of the molecule is CC(=O)NC(C)(C)CN1CC2(CC(CN)C2)C1. The number of hydrogen-bond donors (Lipinski definition) is 2. The fourth-order valence-corrected chi connectivity index (χ4v) is 3.68. The molecule has 98 valence electrons. The topological polar surface area (TPSA) is 58.4 Å². The molecule has 0 aromatic rings. The standard InChI is InChI=1S/C13H25N3O/c1-10(17)15-12(2,3)7-16-8-13(9-16)4-11(5-13)6-14/h11H,4-9,14H2,1-3H3,(H,15,17). The van der Waals surface area contributed by atoms with Gasteiger partial charge in [-0.25, -0.2) is 0 Å². The molecule has 17 heavy (non-hydrogen) atoms. The van der Waals surface area contributed by atoms with Gasteiger partial charge in [0.2, 0.25) is 5.91 Å². The van der Waals surface area contributed by atoms with E-state index in [4.69, 9.17) is 5.73 Å². The van der Waals surface area contributed by atoms with E-state index in [0.29, 0.717) is 5.41 Å². The summed E-state index contributed by atoms with van der Waals surface area (Å²) in [7, 11) is 0. The molecular weight excluding hydrogens is 214 g/mol. The number of amides is 1. The molecule has 0 bridgehead atoms. The molecule has 1 amide bonds. The van der Waals surface area contributed by atoms with Gasteiger partial charge in [-0.3, -0.25) is 9.69 Å². The molecule has 3 N–H and O–H groups in total. The van der Waals surface area contributed by atoms with E-state index in [1.807, 2.05) is 0 Å². The fourth-order valence-electron chi connectivity index (χ4n) is 3.68. The van der Waals surface area contributed by atoms with Crippen LogP contribution in [0.15, 0.2) is 0 Å². The zero-order valence-corrected chi connectivity index (χ0v) is 11.3. The molecule has 2 fully saturated rings. The van der Waals surface area contributed by atoms with Gasteiger partial charge in [0, 0.05) is 32.1 Å². The molecule has 4 nitrogen and oxygen atoms in total. The third kappa shape index (κ3) is 2.80. The summed E-state index contributed by atoms with van der Waals surface area (Å²) in [6, 6.07) is 0. The molecule has 4 heteroatoms. The summed E-state index contributed by atoms with van der Waals surface area (Å²) in [6.07, 6.45) is 2.61. The molecule has 0 aromatic carbocycles. The summed E-state index contributed by atoms with van der Waals surface area (Å²) in [5, 5.41) is 3.00. The predicted molar refractivity (Wildman–Crippen MR) is 68.5 cm³/mol. The molecule has 0 atom stereocenters. The minimum absolute atomic E-state index is 0.0528. The van der Waals surface area contributed by atoms with Crippen LogP contribution in [0.5, 0.6) is 0 Å². The van der Waals surface area contributed by atoms with Gasteiger partial charge >= 0.3 is 0 Å². The molecule has 1 aliphatic carbocycles.